The van der Waals surface area contributed by atoms with Gasteiger partial charge >= 0.3 is 5.63 Å². The molecule has 3 aromatic heterocycles. The second-order valence-electron chi connectivity index (χ2n) is 8.52. The molecule has 0 aliphatic rings. The van der Waals surface area contributed by atoms with Gasteiger partial charge in [-0.2, -0.15) is 0 Å². The number of hydrogen-bond acceptors (Lipinski definition) is 7. The van der Waals surface area contributed by atoms with Gasteiger partial charge in [0, 0.05) is 29.8 Å². The zero-order chi connectivity index (χ0) is 23.8. The normalized spacial score (nSPS) is 11.8. The first-order chi connectivity index (χ1) is 16.5. The Morgan fingerprint density at radius 2 is 1.88 bits per heavy atom. The highest BCUT2D eigenvalue weighted by Crippen LogP contribution is 2.29. The first kappa shape index (κ1) is 22.2. The van der Waals surface area contributed by atoms with Crippen molar-refractivity contribution >= 4 is 39.4 Å². The Labute approximate surface area is 199 Å². The number of nitrogens with zero attached hydrogens (tertiary/aromatic N) is 4. The number of thioether (sulfide) groups is 1. The van der Waals surface area contributed by atoms with Crippen LogP contribution in [0, 0.1) is 5.92 Å². The average Bonchev–Trinajstić information content (AvgIpc) is 3.25. The summed E-state index contributed by atoms with van der Waals surface area (Å²) in [6.07, 6.45) is 0.860. The Hall–Kier alpha value is -3.59. The minimum absolute atomic E-state index is 0.0618. The van der Waals surface area contributed by atoms with Crippen LogP contribution in [0.1, 0.15) is 25.8 Å². The van der Waals surface area contributed by atoms with Crippen LogP contribution in [0.15, 0.2) is 67.7 Å². The predicted octanol–water partition coefficient (Wildman–Crippen LogP) is 4.50. The molecule has 0 bridgehead atoms. The molecule has 3 heterocycles. The van der Waals surface area contributed by atoms with Crippen molar-refractivity contribution in [3.63, 3.8) is 0 Å². The number of rotatable bonds is 7. The molecule has 0 unspecified atom stereocenters. The van der Waals surface area contributed by atoms with Crippen molar-refractivity contribution in [2.45, 2.75) is 37.7 Å². The summed E-state index contributed by atoms with van der Waals surface area (Å²) in [4.78, 5) is 25.4. The highest BCUT2D eigenvalue weighted by atomic mass is 32.2. The first-order valence-corrected chi connectivity index (χ1v) is 12.0. The Balaban J connectivity index is 1.59. The third kappa shape index (κ3) is 3.96. The van der Waals surface area contributed by atoms with Crippen molar-refractivity contribution in [3.05, 3.63) is 74.9 Å². The number of methoxy groups -OCH3 is 1. The molecular formula is C25H24N4O4S. The monoisotopic (exact) mass is 476 g/mol. The van der Waals surface area contributed by atoms with Gasteiger partial charge in [-0.1, -0.05) is 37.7 Å². The number of para-hydroxylation sites is 1. The molecule has 0 spiro atoms. The molecule has 2 aromatic carbocycles. The predicted molar refractivity (Wildman–Crippen MR) is 133 cm³/mol. The molecule has 0 saturated heterocycles. The molecule has 174 valence electrons. The summed E-state index contributed by atoms with van der Waals surface area (Å²) in [5.41, 5.74) is 1.58. The van der Waals surface area contributed by atoms with Crippen molar-refractivity contribution in [1.29, 1.82) is 0 Å². The highest BCUT2D eigenvalue weighted by Gasteiger charge is 2.18. The lowest BCUT2D eigenvalue weighted by molar-refractivity contribution is 0.414. The summed E-state index contributed by atoms with van der Waals surface area (Å²) >= 11 is 1.46. The van der Waals surface area contributed by atoms with E-state index in [1.165, 1.54) is 17.8 Å². The third-order valence-electron chi connectivity index (χ3n) is 5.80. The van der Waals surface area contributed by atoms with Crippen LogP contribution >= 0.6 is 11.8 Å². The second-order valence-corrected chi connectivity index (χ2v) is 9.46. The summed E-state index contributed by atoms with van der Waals surface area (Å²) in [5.74, 6) is 2.07. The molecule has 5 aromatic rings. The molecule has 0 radical (unpaired) electrons. The maximum atomic E-state index is 13.2. The van der Waals surface area contributed by atoms with E-state index in [0.29, 0.717) is 45.9 Å². The summed E-state index contributed by atoms with van der Waals surface area (Å²) in [7, 11) is 1.57. The number of aromatic nitrogens is 4. The maximum absolute atomic E-state index is 13.2. The molecule has 0 N–H and O–H groups in total. The Bertz CT molecular complexity index is 1630. The van der Waals surface area contributed by atoms with Crippen LogP contribution in [0.4, 0.5) is 0 Å². The van der Waals surface area contributed by atoms with Gasteiger partial charge in [0.15, 0.2) is 5.16 Å². The molecular weight excluding hydrogens is 452 g/mol. The third-order valence-corrected chi connectivity index (χ3v) is 6.78. The van der Waals surface area contributed by atoms with Gasteiger partial charge < -0.3 is 9.15 Å². The highest BCUT2D eigenvalue weighted by molar-refractivity contribution is 7.98. The number of fused-ring (bicyclic) bond motifs is 4. The van der Waals surface area contributed by atoms with Gasteiger partial charge in [-0.25, -0.2) is 4.79 Å². The van der Waals surface area contributed by atoms with Gasteiger partial charge in [0.25, 0.3) is 5.56 Å². The van der Waals surface area contributed by atoms with Gasteiger partial charge in [-0.15, -0.1) is 10.2 Å². The van der Waals surface area contributed by atoms with E-state index in [9.17, 15) is 9.59 Å². The molecule has 0 aliphatic heterocycles. The van der Waals surface area contributed by atoms with E-state index < -0.39 is 5.63 Å². The maximum Gasteiger partial charge on any atom is 0.336 e. The van der Waals surface area contributed by atoms with Gasteiger partial charge in [-0.3, -0.25) is 13.8 Å². The first-order valence-electron chi connectivity index (χ1n) is 11.1. The molecule has 8 nitrogen and oxygen atoms in total. The Kier molecular flexibility index (Phi) is 5.87. The lowest BCUT2D eigenvalue weighted by Crippen LogP contribution is -2.24. The van der Waals surface area contributed by atoms with E-state index in [-0.39, 0.29) is 5.56 Å². The summed E-state index contributed by atoms with van der Waals surface area (Å²) in [6.45, 7) is 4.83. The van der Waals surface area contributed by atoms with Crippen LogP contribution in [0.3, 0.4) is 0 Å². The minimum atomic E-state index is -0.421. The van der Waals surface area contributed by atoms with E-state index in [4.69, 9.17) is 9.15 Å². The van der Waals surface area contributed by atoms with Crippen molar-refractivity contribution in [2.75, 3.05) is 7.11 Å². The van der Waals surface area contributed by atoms with Crippen molar-refractivity contribution in [3.8, 4) is 5.75 Å². The lowest BCUT2D eigenvalue weighted by Gasteiger charge is -2.12. The smallest absolute Gasteiger partial charge is 0.336 e. The standard InChI is InChI=1S/C25H24N4O4S/c1-15(2)10-11-28-23(31)19-6-4-5-7-20(19)29-24(28)26-27-25(29)34-14-16-12-22(30)33-21-13-17(32-3)8-9-18(16)21/h4-9,12-13,15H,10-11,14H2,1-3H3. The summed E-state index contributed by atoms with van der Waals surface area (Å²) in [6, 6.07) is 14.4. The number of benzene rings is 2. The quantitative estimate of drug-likeness (QED) is 0.252. The van der Waals surface area contributed by atoms with Gasteiger partial charge in [0.05, 0.1) is 18.0 Å². The van der Waals surface area contributed by atoms with Crippen LogP contribution in [0.25, 0.3) is 27.6 Å². The van der Waals surface area contributed by atoms with Crippen LogP contribution in [-0.2, 0) is 12.3 Å². The van der Waals surface area contributed by atoms with Gasteiger partial charge in [-0.05, 0) is 42.2 Å². The van der Waals surface area contributed by atoms with Crippen molar-refractivity contribution in [2.24, 2.45) is 5.92 Å². The minimum Gasteiger partial charge on any atom is -0.497 e. The van der Waals surface area contributed by atoms with Crippen molar-refractivity contribution in [1.82, 2.24) is 19.2 Å². The van der Waals surface area contributed by atoms with Crippen LogP contribution in [0.2, 0.25) is 0 Å². The van der Waals surface area contributed by atoms with Crippen LogP contribution in [-0.4, -0.2) is 26.3 Å². The number of ether oxygens (including phenoxy) is 1. The molecule has 0 aliphatic carbocycles. The fourth-order valence-corrected chi connectivity index (χ4v) is 4.95. The largest absolute Gasteiger partial charge is 0.497 e. The lowest BCUT2D eigenvalue weighted by atomic mass is 10.1. The van der Waals surface area contributed by atoms with E-state index in [0.717, 1.165) is 22.9 Å². The van der Waals surface area contributed by atoms with Gasteiger partial charge in [0.1, 0.15) is 11.3 Å². The molecule has 9 heteroatoms. The second kappa shape index (κ2) is 8.98. The molecule has 0 fully saturated rings. The zero-order valence-corrected chi connectivity index (χ0v) is 20.0. The number of hydrogen-bond donors (Lipinski definition) is 0. The van der Waals surface area contributed by atoms with Crippen molar-refractivity contribution < 1.29 is 9.15 Å². The fraction of sp³-hybridized carbons (Fsp3) is 0.280. The molecule has 34 heavy (non-hydrogen) atoms. The molecule has 0 saturated carbocycles. The number of aryl methyl sites for hydroxylation is 1. The SMILES string of the molecule is COc1ccc2c(CSc3nnc4n(CCC(C)C)c(=O)c5ccccc5n34)cc(=O)oc2c1. The molecule has 5 rings (SSSR count). The van der Waals surface area contributed by atoms with E-state index in [1.807, 2.05) is 40.8 Å². The van der Waals surface area contributed by atoms with Crippen LogP contribution in [0.5, 0.6) is 5.75 Å². The van der Waals surface area contributed by atoms with E-state index in [1.54, 1.807) is 17.7 Å². The topological polar surface area (TPSA) is 91.6 Å². The van der Waals surface area contributed by atoms with E-state index >= 15 is 0 Å². The summed E-state index contributed by atoms with van der Waals surface area (Å²) < 4.78 is 14.3. The zero-order valence-electron chi connectivity index (χ0n) is 19.1. The fourth-order valence-electron chi connectivity index (χ4n) is 4.01. The Morgan fingerprint density at radius 3 is 2.68 bits per heavy atom. The molecule has 0 amide bonds. The van der Waals surface area contributed by atoms with Crippen LogP contribution < -0.4 is 15.9 Å². The summed E-state index contributed by atoms with van der Waals surface area (Å²) in [5, 5.41) is 10.9. The Morgan fingerprint density at radius 1 is 1.06 bits per heavy atom. The van der Waals surface area contributed by atoms with Gasteiger partial charge in [0.2, 0.25) is 5.78 Å². The van der Waals surface area contributed by atoms with E-state index in [2.05, 4.69) is 24.0 Å². The molecule has 0 atom stereocenters. The average molecular weight is 477 g/mol.